The van der Waals surface area contributed by atoms with Crippen LogP contribution in [0.15, 0.2) is 42.9 Å². The van der Waals surface area contributed by atoms with E-state index in [1.54, 1.807) is 34.1 Å². The third kappa shape index (κ3) is 5.32. The second-order valence-corrected chi connectivity index (χ2v) is 9.87. The molecule has 2 aromatic heterocycles. The summed E-state index contributed by atoms with van der Waals surface area (Å²) in [5.41, 5.74) is 2.30. The van der Waals surface area contributed by atoms with Gasteiger partial charge in [0, 0.05) is 35.6 Å². The van der Waals surface area contributed by atoms with Gasteiger partial charge in [0.15, 0.2) is 0 Å². The molecule has 3 aromatic rings. The fraction of sp³-hybridized carbons (Fsp3) is 0.238. The number of hydrogen-bond acceptors (Lipinski definition) is 6. The van der Waals surface area contributed by atoms with Gasteiger partial charge in [0.25, 0.3) is 5.91 Å². The zero-order valence-electron chi connectivity index (χ0n) is 17.9. The van der Waals surface area contributed by atoms with Crippen molar-refractivity contribution in [2.24, 2.45) is 0 Å². The smallest absolute Gasteiger partial charge is 0.257 e. The number of halogens is 1. The fourth-order valence-corrected chi connectivity index (χ4v) is 4.33. The molecule has 2 N–H and O–H groups in total. The molecule has 0 spiro atoms. The minimum atomic E-state index is -3.50. The minimum Gasteiger partial charge on any atom is -0.322 e. The second-order valence-electron chi connectivity index (χ2n) is 7.69. The van der Waals surface area contributed by atoms with Crippen LogP contribution in [0.25, 0.3) is 5.95 Å². The molecule has 0 saturated carbocycles. The number of hydrogen-bond donors (Lipinski definition) is 2. The summed E-state index contributed by atoms with van der Waals surface area (Å²) in [5.74, 6) is 0.00593. The third-order valence-corrected chi connectivity index (χ3v) is 5.78. The zero-order valence-corrected chi connectivity index (χ0v) is 19.4. The Bertz CT molecular complexity index is 1340. The number of benzene rings is 1. The van der Waals surface area contributed by atoms with Crippen LogP contribution in [-0.2, 0) is 14.8 Å². The van der Waals surface area contributed by atoms with Crippen molar-refractivity contribution in [1.29, 1.82) is 0 Å². The SMILES string of the molecule is Cc1cc(C(=O)Nc2cc(Cl)cc(NS(C)(=O)=O)c2)cn1-c1ncc(N2CCCC2=O)cn1. The largest absolute Gasteiger partial charge is 0.322 e. The Balaban J connectivity index is 1.52. The monoisotopic (exact) mass is 488 g/mol. The van der Waals surface area contributed by atoms with Crippen LogP contribution >= 0.6 is 11.6 Å². The first-order chi connectivity index (χ1) is 15.6. The average Bonchev–Trinajstić information content (AvgIpc) is 3.32. The maximum absolute atomic E-state index is 12.8. The molecule has 10 nitrogen and oxygen atoms in total. The first kappa shape index (κ1) is 22.7. The Morgan fingerprint density at radius 2 is 1.82 bits per heavy atom. The number of aryl methyl sites for hydroxylation is 1. The quantitative estimate of drug-likeness (QED) is 0.549. The number of amides is 2. The van der Waals surface area contributed by atoms with Crippen molar-refractivity contribution in [3.8, 4) is 5.95 Å². The molecular formula is C21H21ClN6O4S. The summed E-state index contributed by atoms with van der Waals surface area (Å²) < 4.78 is 27.0. The Morgan fingerprint density at radius 3 is 2.45 bits per heavy atom. The van der Waals surface area contributed by atoms with E-state index in [-0.39, 0.29) is 16.6 Å². The summed E-state index contributed by atoms with van der Waals surface area (Å²) >= 11 is 6.06. The van der Waals surface area contributed by atoms with E-state index in [9.17, 15) is 18.0 Å². The van der Waals surface area contributed by atoms with Crippen molar-refractivity contribution in [2.45, 2.75) is 19.8 Å². The molecule has 1 saturated heterocycles. The number of rotatable bonds is 6. The molecule has 172 valence electrons. The van der Waals surface area contributed by atoms with Gasteiger partial charge in [-0.3, -0.25) is 18.9 Å². The van der Waals surface area contributed by atoms with Crippen molar-refractivity contribution in [3.05, 3.63) is 59.1 Å². The van der Waals surface area contributed by atoms with Gasteiger partial charge in [-0.2, -0.15) is 0 Å². The van der Waals surface area contributed by atoms with E-state index in [0.717, 1.165) is 18.4 Å². The molecule has 0 radical (unpaired) electrons. The first-order valence-electron chi connectivity index (χ1n) is 10.0. The molecule has 33 heavy (non-hydrogen) atoms. The van der Waals surface area contributed by atoms with Crippen molar-refractivity contribution >= 4 is 50.5 Å². The molecule has 0 bridgehead atoms. The molecule has 1 aromatic carbocycles. The number of sulfonamides is 1. The highest BCUT2D eigenvalue weighted by molar-refractivity contribution is 7.92. The minimum absolute atomic E-state index is 0.0540. The molecule has 0 atom stereocenters. The van der Waals surface area contributed by atoms with Crippen LogP contribution in [0.5, 0.6) is 0 Å². The lowest BCUT2D eigenvalue weighted by molar-refractivity contribution is -0.117. The van der Waals surface area contributed by atoms with Crippen LogP contribution in [-0.4, -0.2) is 47.6 Å². The number of carbonyl (C=O) groups is 2. The summed E-state index contributed by atoms with van der Waals surface area (Å²) in [6.07, 6.45) is 7.14. The lowest BCUT2D eigenvalue weighted by atomic mass is 10.2. The van der Waals surface area contributed by atoms with E-state index < -0.39 is 15.9 Å². The number of carbonyl (C=O) groups excluding carboxylic acids is 2. The average molecular weight is 489 g/mol. The highest BCUT2D eigenvalue weighted by atomic mass is 35.5. The standard InChI is InChI=1S/C21H21ClN6O4S/c1-13-6-14(20(30)25-16-7-15(22)8-17(9-16)26-33(2,31)32)12-28(13)21-23-10-18(11-24-21)27-5-3-4-19(27)29/h6-12,26H,3-5H2,1-2H3,(H,25,30). The first-order valence-corrected chi connectivity index (χ1v) is 12.3. The normalized spacial score (nSPS) is 13.9. The summed E-state index contributed by atoms with van der Waals surface area (Å²) in [4.78, 5) is 35.0. The van der Waals surface area contributed by atoms with Crippen LogP contribution in [0.3, 0.4) is 0 Å². The van der Waals surface area contributed by atoms with Gasteiger partial charge in [-0.1, -0.05) is 11.6 Å². The van der Waals surface area contributed by atoms with Crippen LogP contribution in [0.2, 0.25) is 5.02 Å². The van der Waals surface area contributed by atoms with Crippen molar-refractivity contribution in [1.82, 2.24) is 14.5 Å². The molecular weight excluding hydrogens is 468 g/mol. The van der Waals surface area contributed by atoms with Crippen molar-refractivity contribution in [3.63, 3.8) is 0 Å². The number of anilines is 3. The fourth-order valence-electron chi connectivity index (χ4n) is 3.55. The van der Waals surface area contributed by atoms with E-state index in [0.29, 0.717) is 35.9 Å². The third-order valence-electron chi connectivity index (χ3n) is 4.96. The lowest BCUT2D eigenvalue weighted by Crippen LogP contribution is -2.24. The number of nitrogens with zero attached hydrogens (tertiary/aromatic N) is 4. The van der Waals surface area contributed by atoms with Gasteiger partial charge >= 0.3 is 0 Å². The second kappa shape index (κ2) is 8.83. The van der Waals surface area contributed by atoms with Crippen LogP contribution < -0.4 is 14.9 Å². The molecule has 3 heterocycles. The number of aromatic nitrogens is 3. The maximum Gasteiger partial charge on any atom is 0.257 e. The highest BCUT2D eigenvalue weighted by Gasteiger charge is 2.22. The molecule has 0 aliphatic carbocycles. The molecule has 1 aliphatic heterocycles. The van der Waals surface area contributed by atoms with Gasteiger partial charge < -0.3 is 10.2 Å². The Labute approximate surface area is 195 Å². The molecule has 1 aliphatic rings. The Kier molecular flexibility index (Phi) is 6.09. The zero-order chi connectivity index (χ0) is 23.8. The Morgan fingerprint density at radius 1 is 1.12 bits per heavy atom. The van der Waals surface area contributed by atoms with Gasteiger partial charge in [-0.05, 0) is 37.6 Å². The van der Waals surface area contributed by atoms with Gasteiger partial charge in [0.05, 0.1) is 35.6 Å². The van der Waals surface area contributed by atoms with Gasteiger partial charge in [-0.15, -0.1) is 0 Å². The molecule has 4 rings (SSSR count). The van der Waals surface area contributed by atoms with Crippen LogP contribution in [0.4, 0.5) is 17.1 Å². The van der Waals surface area contributed by atoms with Gasteiger partial charge in [-0.25, -0.2) is 18.4 Å². The van der Waals surface area contributed by atoms with Gasteiger partial charge in [0.2, 0.25) is 21.9 Å². The maximum atomic E-state index is 12.8. The van der Waals surface area contributed by atoms with E-state index in [2.05, 4.69) is 20.0 Å². The summed E-state index contributed by atoms with van der Waals surface area (Å²) in [7, 11) is -3.50. The van der Waals surface area contributed by atoms with E-state index >= 15 is 0 Å². The predicted molar refractivity (Wildman–Crippen MR) is 126 cm³/mol. The summed E-state index contributed by atoms with van der Waals surface area (Å²) in [6, 6.07) is 6.10. The summed E-state index contributed by atoms with van der Waals surface area (Å²) in [6.45, 7) is 2.46. The highest BCUT2D eigenvalue weighted by Crippen LogP contribution is 2.25. The van der Waals surface area contributed by atoms with Crippen molar-refractivity contribution in [2.75, 3.05) is 27.7 Å². The molecule has 12 heteroatoms. The predicted octanol–water partition coefficient (Wildman–Crippen LogP) is 2.98. The van der Waals surface area contributed by atoms with E-state index in [4.69, 9.17) is 11.6 Å². The van der Waals surface area contributed by atoms with Crippen LogP contribution in [0.1, 0.15) is 28.9 Å². The van der Waals surface area contributed by atoms with E-state index in [1.165, 1.54) is 18.2 Å². The molecule has 2 amide bonds. The van der Waals surface area contributed by atoms with Gasteiger partial charge in [0.1, 0.15) is 0 Å². The molecule has 1 fully saturated rings. The van der Waals surface area contributed by atoms with Crippen molar-refractivity contribution < 1.29 is 18.0 Å². The van der Waals surface area contributed by atoms with Crippen LogP contribution in [0, 0.1) is 6.92 Å². The van der Waals surface area contributed by atoms with E-state index in [1.807, 2.05) is 6.92 Å². The topological polar surface area (TPSA) is 126 Å². The number of nitrogens with one attached hydrogen (secondary N) is 2. The Hall–Kier alpha value is -3.44. The molecule has 0 unspecified atom stereocenters. The summed E-state index contributed by atoms with van der Waals surface area (Å²) in [5, 5.41) is 2.97. The lowest BCUT2D eigenvalue weighted by Gasteiger charge is -2.14.